The molecule has 1 aliphatic carbocycles. The molecule has 2 atom stereocenters. The molecule has 4 nitrogen and oxygen atoms in total. The normalized spacial score (nSPS) is 26.4. The number of likely N-dealkylation sites (tertiary alicyclic amines) is 1. The van der Waals surface area contributed by atoms with Gasteiger partial charge in [-0.25, -0.2) is 0 Å². The molecule has 19 heavy (non-hydrogen) atoms. The molecular formula is C15H20N2O2. The maximum absolute atomic E-state index is 11.8. The van der Waals surface area contributed by atoms with E-state index in [-0.39, 0.29) is 18.1 Å². The average Bonchev–Trinajstić information content (AvgIpc) is 2.72. The number of nitrogens with zero attached hydrogens (tertiary/aromatic N) is 1. The topological polar surface area (TPSA) is 55.6 Å². The fraction of sp³-hybridized carbons (Fsp3) is 0.533. The average molecular weight is 260 g/mol. The number of benzene rings is 1. The van der Waals surface area contributed by atoms with E-state index in [2.05, 4.69) is 6.07 Å². The van der Waals surface area contributed by atoms with Gasteiger partial charge in [-0.15, -0.1) is 0 Å². The lowest BCUT2D eigenvalue weighted by molar-refractivity contribution is -0.132. The predicted octanol–water partition coefficient (Wildman–Crippen LogP) is 1.63. The van der Waals surface area contributed by atoms with Crippen LogP contribution in [0.25, 0.3) is 0 Å². The summed E-state index contributed by atoms with van der Waals surface area (Å²) in [4.78, 5) is 13.6. The molecule has 1 aromatic carbocycles. The number of carbonyl (C=O) groups is 1. The minimum Gasteiger partial charge on any atom is -0.481 e. The van der Waals surface area contributed by atoms with Gasteiger partial charge in [0.15, 0.2) is 6.10 Å². The van der Waals surface area contributed by atoms with Gasteiger partial charge in [-0.2, -0.15) is 0 Å². The van der Waals surface area contributed by atoms with Crippen molar-refractivity contribution < 1.29 is 9.53 Å². The Hall–Kier alpha value is -1.55. The molecule has 0 radical (unpaired) electrons. The second-order valence-electron chi connectivity index (χ2n) is 5.51. The molecule has 102 valence electrons. The Morgan fingerprint density at radius 2 is 2.21 bits per heavy atom. The third kappa shape index (κ3) is 2.32. The summed E-state index contributed by atoms with van der Waals surface area (Å²) < 4.78 is 5.83. The van der Waals surface area contributed by atoms with Crippen LogP contribution in [0.5, 0.6) is 5.75 Å². The smallest absolute Gasteiger partial charge is 0.263 e. The first-order chi connectivity index (χ1) is 9.15. The van der Waals surface area contributed by atoms with Crippen LogP contribution in [0.1, 0.15) is 36.4 Å². The molecule has 1 heterocycles. The van der Waals surface area contributed by atoms with Gasteiger partial charge in [0.25, 0.3) is 5.91 Å². The van der Waals surface area contributed by atoms with Crippen molar-refractivity contribution in [1.29, 1.82) is 0 Å². The highest BCUT2D eigenvalue weighted by atomic mass is 16.5. The van der Waals surface area contributed by atoms with Crippen LogP contribution >= 0.6 is 0 Å². The summed E-state index contributed by atoms with van der Waals surface area (Å²) in [5.74, 6) is 0.840. The Bertz CT molecular complexity index is 501. The lowest BCUT2D eigenvalue weighted by Gasteiger charge is -2.23. The molecule has 1 aromatic rings. The van der Waals surface area contributed by atoms with E-state index in [0.717, 1.165) is 38.0 Å². The summed E-state index contributed by atoms with van der Waals surface area (Å²) in [6.45, 7) is 0.772. The van der Waals surface area contributed by atoms with E-state index in [0.29, 0.717) is 0 Å². The summed E-state index contributed by atoms with van der Waals surface area (Å²) >= 11 is 0. The van der Waals surface area contributed by atoms with E-state index >= 15 is 0 Å². The zero-order valence-corrected chi connectivity index (χ0v) is 11.3. The Balaban J connectivity index is 1.79. The maximum Gasteiger partial charge on any atom is 0.263 e. The third-order valence-corrected chi connectivity index (χ3v) is 4.13. The molecule has 2 N–H and O–H groups in total. The first kappa shape index (κ1) is 12.5. The van der Waals surface area contributed by atoms with Gasteiger partial charge in [0, 0.05) is 26.1 Å². The molecule has 1 fully saturated rings. The predicted molar refractivity (Wildman–Crippen MR) is 73.0 cm³/mol. The Labute approximate surface area is 113 Å². The van der Waals surface area contributed by atoms with Crippen molar-refractivity contribution in [3.05, 3.63) is 29.3 Å². The van der Waals surface area contributed by atoms with Crippen LogP contribution in [0.3, 0.4) is 0 Å². The third-order valence-electron chi connectivity index (χ3n) is 4.13. The molecule has 0 spiro atoms. The standard InChI is InChI=1S/C15H20N2O2/c1-17-8-7-14(15(17)18)19-11-6-5-10-3-2-4-13(16)12(10)9-11/h5-6,9,13-14H,2-4,7-8,16H2,1H3. The number of rotatable bonds is 2. The summed E-state index contributed by atoms with van der Waals surface area (Å²) in [6, 6.07) is 6.18. The Morgan fingerprint density at radius 1 is 1.37 bits per heavy atom. The van der Waals surface area contributed by atoms with Crippen molar-refractivity contribution in [2.45, 2.75) is 37.8 Å². The van der Waals surface area contributed by atoms with Crippen LogP contribution in [0.2, 0.25) is 0 Å². The first-order valence-corrected chi connectivity index (χ1v) is 6.95. The maximum atomic E-state index is 11.8. The highest BCUT2D eigenvalue weighted by Gasteiger charge is 2.31. The van der Waals surface area contributed by atoms with Gasteiger partial charge in [-0.3, -0.25) is 4.79 Å². The van der Waals surface area contributed by atoms with Gasteiger partial charge in [0.1, 0.15) is 5.75 Å². The zero-order chi connectivity index (χ0) is 13.4. The Kier molecular flexibility index (Phi) is 3.19. The first-order valence-electron chi connectivity index (χ1n) is 6.95. The van der Waals surface area contributed by atoms with E-state index in [4.69, 9.17) is 10.5 Å². The number of fused-ring (bicyclic) bond motifs is 1. The fourth-order valence-electron chi connectivity index (χ4n) is 2.95. The number of hydrogen-bond acceptors (Lipinski definition) is 3. The number of nitrogens with two attached hydrogens (primary N) is 1. The van der Waals surface area contributed by atoms with E-state index in [9.17, 15) is 4.79 Å². The number of carbonyl (C=O) groups excluding carboxylic acids is 1. The molecule has 0 saturated carbocycles. The van der Waals surface area contributed by atoms with Crippen molar-refractivity contribution in [3.63, 3.8) is 0 Å². The second-order valence-corrected chi connectivity index (χ2v) is 5.51. The van der Waals surface area contributed by atoms with Crippen LogP contribution in [0.4, 0.5) is 0 Å². The van der Waals surface area contributed by atoms with Crippen molar-refractivity contribution >= 4 is 5.91 Å². The second kappa shape index (κ2) is 4.85. The van der Waals surface area contributed by atoms with Gasteiger partial charge in [0.2, 0.25) is 0 Å². The van der Waals surface area contributed by atoms with Crippen molar-refractivity contribution in [2.75, 3.05) is 13.6 Å². The highest BCUT2D eigenvalue weighted by molar-refractivity contribution is 5.83. The number of hydrogen-bond donors (Lipinski definition) is 1. The van der Waals surface area contributed by atoms with Crippen LogP contribution in [-0.2, 0) is 11.2 Å². The largest absolute Gasteiger partial charge is 0.481 e. The van der Waals surface area contributed by atoms with Crippen LogP contribution in [-0.4, -0.2) is 30.5 Å². The van der Waals surface area contributed by atoms with E-state index in [1.165, 1.54) is 11.1 Å². The fourth-order valence-corrected chi connectivity index (χ4v) is 2.95. The van der Waals surface area contributed by atoms with Gasteiger partial charge >= 0.3 is 0 Å². The lowest BCUT2D eigenvalue weighted by Crippen LogP contribution is -2.29. The summed E-state index contributed by atoms with van der Waals surface area (Å²) in [5.41, 5.74) is 8.65. The SMILES string of the molecule is CN1CCC(Oc2ccc3c(c2)C(N)CCC3)C1=O. The van der Waals surface area contributed by atoms with Gasteiger partial charge in [0.05, 0.1) is 0 Å². The van der Waals surface area contributed by atoms with Crippen LogP contribution in [0.15, 0.2) is 18.2 Å². The van der Waals surface area contributed by atoms with Crippen molar-refractivity contribution in [1.82, 2.24) is 4.90 Å². The van der Waals surface area contributed by atoms with Crippen molar-refractivity contribution in [2.24, 2.45) is 5.73 Å². The number of likely N-dealkylation sites (N-methyl/N-ethyl adjacent to an activating group) is 1. The van der Waals surface area contributed by atoms with Gasteiger partial charge < -0.3 is 15.4 Å². The molecule has 2 aliphatic rings. The zero-order valence-electron chi connectivity index (χ0n) is 11.3. The lowest BCUT2D eigenvalue weighted by atomic mass is 9.88. The van der Waals surface area contributed by atoms with Crippen LogP contribution in [0, 0.1) is 0 Å². The molecular weight excluding hydrogens is 240 g/mol. The Morgan fingerprint density at radius 3 is 2.95 bits per heavy atom. The monoisotopic (exact) mass is 260 g/mol. The number of ether oxygens (including phenoxy) is 1. The molecule has 0 aromatic heterocycles. The number of amides is 1. The molecule has 0 bridgehead atoms. The van der Waals surface area contributed by atoms with E-state index in [1.807, 2.05) is 19.2 Å². The molecule has 1 amide bonds. The van der Waals surface area contributed by atoms with Crippen molar-refractivity contribution in [3.8, 4) is 5.75 Å². The van der Waals surface area contributed by atoms with Gasteiger partial charge in [-0.1, -0.05) is 6.07 Å². The highest BCUT2D eigenvalue weighted by Crippen LogP contribution is 2.31. The molecule has 3 rings (SSSR count). The molecule has 4 heteroatoms. The van der Waals surface area contributed by atoms with E-state index in [1.54, 1.807) is 4.90 Å². The van der Waals surface area contributed by atoms with E-state index < -0.39 is 0 Å². The number of aryl methyl sites for hydroxylation is 1. The summed E-state index contributed by atoms with van der Waals surface area (Å²) in [7, 11) is 1.81. The minimum atomic E-state index is -0.331. The molecule has 1 saturated heterocycles. The molecule has 1 aliphatic heterocycles. The summed E-state index contributed by atoms with van der Waals surface area (Å²) in [6.07, 6.45) is 3.71. The van der Waals surface area contributed by atoms with Gasteiger partial charge in [-0.05, 0) is 42.5 Å². The molecule has 2 unspecified atom stereocenters. The quantitative estimate of drug-likeness (QED) is 0.879. The minimum absolute atomic E-state index is 0.0713. The van der Waals surface area contributed by atoms with Crippen LogP contribution < -0.4 is 10.5 Å². The summed E-state index contributed by atoms with van der Waals surface area (Å²) in [5, 5.41) is 0.